The number of nitrogens with zero attached hydrogens (tertiary/aromatic N) is 4. The number of thiophene rings is 1. The fourth-order valence-electron chi connectivity index (χ4n) is 5.52. The molecule has 4 aromatic rings. The van der Waals surface area contributed by atoms with E-state index in [0.717, 1.165) is 29.9 Å². The van der Waals surface area contributed by atoms with Crippen LogP contribution in [0.4, 0.5) is 26.3 Å². The van der Waals surface area contributed by atoms with Crippen LogP contribution in [0.3, 0.4) is 0 Å². The molecule has 46 heavy (non-hydrogen) atoms. The molecule has 0 aliphatic carbocycles. The Kier molecular flexibility index (Phi) is 9.16. The monoisotopic (exact) mass is 666 g/mol. The maximum atomic E-state index is 14.1. The number of likely N-dealkylation sites (tertiary alicyclic amines) is 1. The average Bonchev–Trinajstić information content (AvgIpc) is 3.66. The van der Waals surface area contributed by atoms with Crippen molar-refractivity contribution in [3.05, 3.63) is 81.5 Å². The van der Waals surface area contributed by atoms with Crippen molar-refractivity contribution in [2.24, 2.45) is 0 Å². The van der Waals surface area contributed by atoms with E-state index in [-0.39, 0.29) is 28.0 Å². The minimum atomic E-state index is -5.11. The summed E-state index contributed by atoms with van der Waals surface area (Å²) in [5.41, 5.74) is -2.20. The highest BCUT2D eigenvalue weighted by molar-refractivity contribution is 7.13. The highest BCUT2D eigenvalue weighted by atomic mass is 32.1. The first kappa shape index (κ1) is 33.0. The summed E-state index contributed by atoms with van der Waals surface area (Å²) >= 11 is 0.708. The molecule has 1 saturated heterocycles. The zero-order valence-corrected chi connectivity index (χ0v) is 25.4. The molecule has 1 N–H and O–H groups in total. The maximum Gasteiger partial charge on any atom is 0.434 e. The van der Waals surface area contributed by atoms with Gasteiger partial charge >= 0.3 is 18.3 Å². The Morgan fingerprint density at radius 1 is 1.07 bits per heavy atom. The third kappa shape index (κ3) is 6.73. The number of hydrogen-bond donors (Lipinski definition) is 1. The Balaban J connectivity index is 1.42. The molecule has 5 rings (SSSR count). The number of carboxylic acids is 1. The minimum absolute atomic E-state index is 0.0241. The second-order valence-corrected chi connectivity index (χ2v) is 11.7. The van der Waals surface area contributed by atoms with Crippen molar-refractivity contribution in [3.8, 4) is 22.1 Å². The van der Waals surface area contributed by atoms with Gasteiger partial charge in [0.25, 0.3) is 0 Å². The Labute approximate surface area is 263 Å². The number of benzene rings is 1. The van der Waals surface area contributed by atoms with E-state index in [9.17, 15) is 41.0 Å². The summed E-state index contributed by atoms with van der Waals surface area (Å²) in [5.74, 6) is -1.57. The van der Waals surface area contributed by atoms with Crippen LogP contribution in [0, 0.1) is 6.92 Å². The van der Waals surface area contributed by atoms with Crippen LogP contribution in [0.15, 0.2) is 48.0 Å². The Morgan fingerprint density at radius 3 is 2.39 bits per heavy atom. The molecule has 3 aromatic heterocycles. The van der Waals surface area contributed by atoms with Gasteiger partial charge in [-0.05, 0) is 55.0 Å². The van der Waals surface area contributed by atoms with Crippen LogP contribution in [0.2, 0.25) is 0 Å². The molecule has 0 unspecified atom stereocenters. The maximum absolute atomic E-state index is 14.1. The number of aromatic nitrogens is 3. The number of aromatic carboxylic acids is 1. The van der Waals surface area contributed by atoms with Gasteiger partial charge in [-0.2, -0.15) is 31.4 Å². The summed E-state index contributed by atoms with van der Waals surface area (Å²) in [6.45, 7) is 4.42. The highest BCUT2D eigenvalue weighted by Crippen LogP contribution is 2.42. The van der Waals surface area contributed by atoms with Gasteiger partial charge in [0.2, 0.25) is 5.91 Å². The number of pyridine rings is 1. The van der Waals surface area contributed by atoms with Crippen molar-refractivity contribution >= 4 is 23.2 Å². The van der Waals surface area contributed by atoms with Gasteiger partial charge in [-0.25, -0.2) is 14.5 Å². The van der Waals surface area contributed by atoms with Crippen LogP contribution in [0.25, 0.3) is 16.4 Å². The van der Waals surface area contributed by atoms with Crippen LogP contribution in [-0.2, 0) is 23.8 Å². The van der Waals surface area contributed by atoms with E-state index in [0.29, 0.717) is 53.0 Å². The number of aryl methyl sites for hydroxylation is 1. The first-order valence-corrected chi connectivity index (χ1v) is 15.1. The summed E-state index contributed by atoms with van der Waals surface area (Å²) in [7, 11) is 0. The molecule has 0 radical (unpaired) electrons. The lowest BCUT2D eigenvalue weighted by Gasteiger charge is -2.32. The molecule has 1 aliphatic rings. The van der Waals surface area contributed by atoms with Crippen LogP contribution >= 0.6 is 11.3 Å². The quantitative estimate of drug-likeness (QED) is 0.193. The van der Waals surface area contributed by atoms with E-state index in [1.807, 2.05) is 24.0 Å². The van der Waals surface area contributed by atoms with Crippen LogP contribution in [-0.4, -0.2) is 49.7 Å². The number of piperidine rings is 1. The van der Waals surface area contributed by atoms with Gasteiger partial charge in [0.15, 0.2) is 11.5 Å². The molecule has 1 amide bonds. The number of carbonyl (C=O) groups is 2. The zero-order valence-electron chi connectivity index (χ0n) is 24.6. The van der Waals surface area contributed by atoms with Gasteiger partial charge in [0.1, 0.15) is 17.9 Å². The zero-order chi connectivity index (χ0) is 33.4. The molecule has 1 aliphatic heterocycles. The summed E-state index contributed by atoms with van der Waals surface area (Å²) in [4.78, 5) is 29.4. The van der Waals surface area contributed by atoms with Crippen LogP contribution in [0.1, 0.15) is 70.4 Å². The molecule has 244 valence electrons. The first-order valence-electron chi connectivity index (χ1n) is 14.2. The van der Waals surface area contributed by atoms with Gasteiger partial charge in [0.05, 0.1) is 22.3 Å². The van der Waals surface area contributed by atoms with E-state index >= 15 is 0 Å². The molecule has 0 saturated carbocycles. The normalized spacial score (nSPS) is 14.5. The van der Waals surface area contributed by atoms with Gasteiger partial charge in [-0.15, -0.1) is 11.3 Å². The standard InChI is InChI=1S/C31H28F6N4O4S/c1-3-26(42)40-11-9-18(10-12-40)19-7-8-24(17(2)13-19)45-15-21-22(30(32,33)34)16-46-27(21)23-5-4-6-25(39-23)41-28(31(35,36)37)20(14-38-41)29(43)44/h4-8,13-14,16,18H,3,9-12,15H2,1-2H3,(H,43,44). The van der Waals surface area contributed by atoms with Crippen molar-refractivity contribution in [1.29, 1.82) is 0 Å². The Bertz CT molecular complexity index is 1760. The Hall–Kier alpha value is -4.40. The lowest BCUT2D eigenvalue weighted by Crippen LogP contribution is -2.37. The molecule has 1 fully saturated rings. The lowest BCUT2D eigenvalue weighted by atomic mass is 9.88. The molecule has 8 nitrogen and oxygen atoms in total. The fraction of sp³-hybridized carbons (Fsp3) is 0.355. The number of hydrogen-bond acceptors (Lipinski definition) is 6. The first-order chi connectivity index (χ1) is 21.7. The largest absolute Gasteiger partial charge is 0.489 e. The molecular weight excluding hydrogens is 638 g/mol. The number of alkyl halides is 6. The second-order valence-electron chi connectivity index (χ2n) is 10.8. The molecular formula is C31H28F6N4O4S. The third-order valence-corrected chi connectivity index (χ3v) is 8.89. The van der Waals surface area contributed by atoms with Crippen molar-refractivity contribution in [2.75, 3.05) is 13.1 Å². The summed E-state index contributed by atoms with van der Waals surface area (Å²) < 4.78 is 89.7. The van der Waals surface area contributed by atoms with E-state index in [2.05, 4.69) is 10.1 Å². The van der Waals surface area contributed by atoms with Crippen LogP contribution < -0.4 is 4.74 Å². The molecule has 0 spiro atoms. The number of carboxylic acid groups (broad SMARTS) is 1. The molecule has 15 heteroatoms. The average molecular weight is 667 g/mol. The van der Waals surface area contributed by atoms with Gasteiger partial charge in [0, 0.05) is 30.5 Å². The summed E-state index contributed by atoms with van der Waals surface area (Å²) in [5, 5.41) is 13.7. The smallest absolute Gasteiger partial charge is 0.434 e. The van der Waals surface area contributed by atoms with E-state index < -0.39 is 47.6 Å². The number of ether oxygens (including phenoxy) is 1. The van der Waals surface area contributed by atoms with Gasteiger partial charge in [-0.1, -0.05) is 25.1 Å². The lowest BCUT2D eigenvalue weighted by molar-refractivity contribution is -0.143. The predicted molar refractivity (Wildman–Crippen MR) is 156 cm³/mol. The van der Waals surface area contributed by atoms with Crippen molar-refractivity contribution in [3.63, 3.8) is 0 Å². The molecule has 0 bridgehead atoms. The second kappa shape index (κ2) is 12.8. The number of carbonyl (C=O) groups excluding carboxylic acids is 1. The number of amides is 1. The van der Waals surface area contributed by atoms with E-state index in [1.165, 1.54) is 12.1 Å². The summed E-state index contributed by atoms with van der Waals surface area (Å²) in [6, 6.07) is 9.26. The topological polar surface area (TPSA) is 97.6 Å². The Morgan fingerprint density at radius 2 is 1.78 bits per heavy atom. The van der Waals surface area contributed by atoms with Crippen LogP contribution in [0.5, 0.6) is 5.75 Å². The van der Waals surface area contributed by atoms with Gasteiger partial charge < -0.3 is 14.7 Å². The minimum Gasteiger partial charge on any atom is -0.489 e. The molecule has 4 heterocycles. The third-order valence-electron chi connectivity index (χ3n) is 7.84. The van der Waals surface area contributed by atoms with Crippen molar-refractivity contribution in [1.82, 2.24) is 19.7 Å². The fourth-order valence-corrected chi connectivity index (χ4v) is 6.58. The number of rotatable bonds is 8. The van der Waals surface area contributed by atoms with E-state index in [4.69, 9.17) is 4.74 Å². The molecule has 0 atom stereocenters. The van der Waals surface area contributed by atoms with E-state index in [1.54, 1.807) is 13.0 Å². The molecule has 1 aromatic carbocycles. The summed E-state index contributed by atoms with van der Waals surface area (Å²) in [6.07, 6.45) is -7.27. The van der Waals surface area contributed by atoms with Crippen molar-refractivity contribution < 1.29 is 45.8 Å². The van der Waals surface area contributed by atoms with Crippen molar-refractivity contribution in [2.45, 2.75) is 58.0 Å². The van der Waals surface area contributed by atoms with Gasteiger partial charge in [-0.3, -0.25) is 4.79 Å². The highest BCUT2D eigenvalue weighted by Gasteiger charge is 2.41. The number of halogens is 6. The SMILES string of the molecule is CCC(=O)N1CCC(c2ccc(OCc3c(C(F)(F)F)csc3-c3cccc(-n4ncc(C(=O)O)c4C(F)(F)F)n3)c(C)c2)CC1. The predicted octanol–water partition coefficient (Wildman–Crippen LogP) is 7.74.